The number of benzene rings is 1. The van der Waals surface area contributed by atoms with Gasteiger partial charge in [-0.1, -0.05) is 43.3 Å². The minimum atomic E-state index is -0.0912. The lowest BCUT2D eigenvalue weighted by Gasteiger charge is -2.17. The third kappa shape index (κ3) is 4.81. The molecule has 1 rings (SSSR count). The molecule has 0 amide bonds. The van der Waals surface area contributed by atoms with Crippen molar-refractivity contribution >= 4 is 5.84 Å². The lowest BCUT2D eigenvalue weighted by molar-refractivity contribution is 0.204. The van der Waals surface area contributed by atoms with Crippen LogP contribution in [0.2, 0.25) is 0 Å². The standard InChI is InChI=1S/C18H25N3O/c1-4-9-15(19)16(18(20)21)17(13(3)5-2)22-12-14-10-7-6-8-11-14/h4,6-11H,5,12,19H2,1-3H3,(H3,20,21)/b9-4-,16-15-,17-13-. The van der Waals surface area contributed by atoms with Crippen LogP contribution in [-0.4, -0.2) is 5.84 Å². The van der Waals surface area contributed by atoms with Crippen LogP contribution in [0.4, 0.5) is 0 Å². The average molecular weight is 299 g/mol. The lowest BCUT2D eigenvalue weighted by atomic mass is 10.0. The molecule has 0 aromatic heterocycles. The van der Waals surface area contributed by atoms with Crippen LogP contribution in [0.5, 0.6) is 0 Å². The topological polar surface area (TPSA) is 85.1 Å². The summed E-state index contributed by atoms with van der Waals surface area (Å²) < 4.78 is 5.96. The summed E-state index contributed by atoms with van der Waals surface area (Å²) in [5.74, 6) is 0.501. The third-order valence-corrected chi connectivity index (χ3v) is 3.28. The largest absolute Gasteiger partial charge is 0.488 e. The summed E-state index contributed by atoms with van der Waals surface area (Å²) in [5.41, 5.74) is 14.7. The van der Waals surface area contributed by atoms with Gasteiger partial charge in [-0.3, -0.25) is 5.41 Å². The van der Waals surface area contributed by atoms with Gasteiger partial charge in [-0.05, 0) is 37.5 Å². The molecule has 0 atom stereocenters. The zero-order chi connectivity index (χ0) is 16.5. The second-order valence-electron chi connectivity index (χ2n) is 4.98. The van der Waals surface area contributed by atoms with Gasteiger partial charge in [-0.25, -0.2) is 0 Å². The van der Waals surface area contributed by atoms with Crippen LogP contribution in [0.1, 0.15) is 32.8 Å². The van der Waals surface area contributed by atoms with Gasteiger partial charge in [0.1, 0.15) is 18.2 Å². The fraction of sp³-hybridized carbons (Fsp3) is 0.278. The summed E-state index contributed by atoms with van der Waals surface area (Å²) >= 11 is 0. The highest BCUT2D eigenvalue weighted by Crippen LogP contribution is 2.22. The highest BCUT2D eigenvalue weighted by atomic mass is 16.5. The van der Waals surface area contributed by atoms with Crippen LogP contribution in [0.15, 0.2) is 65.1 Å². The number of rotatable bonds is 7. The van der Waals surface area contributed by atoms with Gasteiger partial charge in [0, 0.05) is 5.70 Å². The average Bonchev–Trinajstić information content (AvgIpc) is 2.51. The molecule has 0 heterocycles. The number of allylic oxidation sites excluding steroid dienone is 3. The van der Waals surface area contributed by atoms with Gasteiger partial charge in [0.15, 0.2) is 0 Å². The first-order chi connectivity index (χ1) is 10.5. The Balaban J connectivity index is 3.18. The maximum atomic E-state index is 7.83. The van der Waals surface area contributed by atoms with Gasteiger partial charge in [0.05, 0.1) is 5.57 Å². The first-order valence-electron chi connectivity index (χ1n) is 7.34. The minimum Gasteiger partial charge on any atom is -0.488 e. The minimum absolute atomic E-state index is 0.0912. The maximum absolute atomic E-state index is 7.83. The molecule has 1 aromatic carbocycles. The van der Waals surface area contributed by atoms with Crippen molar-refractivity contribution < 1.29 is 4.74 Å². The van der Waals surface area contributed by atoms with Crippen molar-refractivity contribution in [2.24, 2.45) is 11.5 Å². The Hall–Kier alpha value is -2.49. The van der Waals surface area contributed by atoms with E-state index in [1.165, 1.54) is 0 Å². The van der Waals surface area contributed by atoms with Crippen LogP contribution in [0, 0.1) is 5.41 Å². The predicted molar refractivity (Wildman–Crippen MR) is 92.2 cm³/mol. The zero-order valence-corrected chi connectivity index (χ0v) is 13.5. The van der Waals surface area contributed by atoms with Crippen LogP contribution >= 0.6 is 0 Å². The second kappa shape index (κ2) is 8.72. The summed E-state index contributed by atoms with van der Waals surface area (Å²) in [6.07, 6.45) is 4.34. The van der Waals surface area contributed by atoms with E-state index in [0.29, 0.717) is 23.6 Å². The molecule has 22 heavy (non-hydrogen) atoms. The molecule has 0 aliphatic heterocycles. The molecule has 0 unspecified atom stereocenters. The van der Waals surface area contributed by atoms with Gasteiger partial charge in [-0.15, -0.1) is 0 Å². The van der Waals surface area contributed by atoms with E-state index in [0.717, 1.165) is 17.6 Å². The molecule has 5 N–H and O–H groups in total. The SMILES string of the molecule is C\C=C/C(N)=C(C(=N)N)\C(OCc1ccccc1)=C(/C)CC. The molecule has 0 aliphatic rings. The molecule has 118 valence electrons. The molecule has 4 heteroatoms. The van der Waals surface area contributed by atoms with Crippen LogP contribution in [0.3, 0.4) is 0 Å². The molecular weight excluding hydrogens is 274 g/mol. The van der Waals surface area contributed by atoms with Crippen molar-refractivity contribution in [2.45, 2.75) is 33.8 Å². The van der Waals surface area contributed by atoms with E-state index in [-0.39, 0.29) is 5.84 Å². The van der Waals surface area contributed by atoms with Gasteiger partial charge < -0.3 is 16.2 Å². The van der Waals surface area contributed by atoms with E-state index in [9.17, 15) is 0 Å². The smallest absolute Gasteiger partial charge is 0.131 e. The summed E-state index contributed by atoms with van der Waals surface area (Å²) in [5, 5.41) is 7.83. The normalized spacial score (nSPS) is 13.6. The van der Waals surface area contributed by atoms with E-state index >= 15 is 0 Å². The highest BCUT2D eigenvalue weighted by molar-refractivity contribution is 5.99. The van der Waals surface area contributed by atoms with Crippen molar-refractivity contribution in [3.8, 4) is 0 Å². The molecule has 0 fully saturated rings. The lowest BCUT2D eigenvalue weighted by Crippen LogP contribution is -2.21. The van der Waals surface area contributed by atoms with E-state index < -0.39 is 0 Å². The Morgan fingerprint density at radius 1 is 1.23 bits per heavy atom. The monoisotopic (exact) mass is 299 g/mol. The molecule has 1 aromatic rings. The molecule has 0 saturated carbocycles. The first-order valence-corrected chi connectivity index (χ1v) is 7.34. The van der Waals surface area contributed by atoms with Crippen molar-refractivity contribution in [3.63, 3.8) is 0 Å². The summed E-state index contributed by atoms with van der Waals surface area (Å²) in [7, 11) is 0. The number of hydrogen-bond acceptors (Lipinski definition) is 3. The molecule has 0 radical (unpaired) electrons. The Morgan fingerprint density at radius 3 is 2.36 bits per heavy atom. The Kier molecular flexibility index (Phi) is 6.96. The van der Waals surface area contributed by atoms with Gasteiger partial charge >= 0.3 is 0 Å². The van der Waals surface area contributed by atoms with Crippen molar-refractivity contribution in [2.75, 3.05) is 0 Å². The summed E-state index contributed by atoms with van der Waals surface area (Å²) in [6.45, 7) is 6.27. The fourth-order valence-electron chi connectivity index (χ4n) is 1.97. The van der Waals surface area contributed by atoms with Crippen molar-refractivity contribution in [1.29, 1.82) is 5.41 Å². The first kappa shape index (κ1) is 17.6. The van der Waals surface area contributed by atoms with E-state index in [1.807, 2.05) is 57.2 Å². The molecule has 0 spiro atoms. The molecule has 4 nitrogen and oxygen atoms in total. The van der Waals surface area contributed by atoms with Crippen molar-refractivity contribution in [3.05, 3.63) is 70.6 Å². The Labute approximate surface area is 132 Å². The fourth-order valence-corrected chi connectivity index (χ4v) is 1.97. The summed E-state index contributed by atoms with van der Waals surface area (Å²) in [6, 6.07) is 9.87. The van der Waals surface area contributed by atoms with Gasteiger partial charge in [0.25, 0.3) is 0 Å². The van der Waals surface area contributed by atoms with Crippen molar-refractivity contribution in [1.82, 2.24) is 0 Å². The molecule has 0 saturated heterocycles. The number of ether oxygens (including phenoxy) is 1. The van der Waals surface area contributed by atoms with Crippen LogP contribution in [0.25, 0.3) is 0 Å². The predicted octanol–water partition coefficient (Wildman–Crippen LogP) is 3.61. The van der Waals surface area contributed by atoms with Gasteiger partial charge in [0.2, 0.25) is 0 Å². The third-order valence-electron chi connectivity index (χ3n) is 3.28. The highest BCUT2D eigenvalue weighted by Gasteiger charge is 2.16. The quantitative estimate of drug-likeness (QED) is 0.311. The Morgan fingerprint density at radius 2 is 1.86 bits per heavy atom. The summed E-state index contributed by atoms with van der Waals surface area (Å²) in [4.78, 5) is 0. The molecule has 0 bridgehead atoms. The number of amidine groups is 1. The number of nitrogens with one attached hydrogen (secondary N) is 1. The number of hydrogen-bond donors (Lipinski definition) is 3. The molecule has 0 aliphatic carbocycles. The maximum Gasteiger partial charge on any atom is 0.131 e. The van der Waals surface area contributed by atoms with Gasteiger partial charge in [-0.2, -0.15) is 0 Å². The molecular formula is C18H25N3O. The van der Waals surface area contributed by atoms with Crippen LogP contribution < -0.4 is 11.5 Å². The zero-order valence-electron chi connectivity index (χ0n) is 13.5. The van der Waals surface area contributed by atoms with Crippen LogP contribution in [-0.2, 0) is 11.3 Å². The number of nitrogens with two attached hydrogens (primary N) is 2. The van der Waals surface area contributed by atoms with E-state index in [2.05, 4.69) is 0 Å². The van der Waals surface area contributed by atoms with E-state index in [1.54, 1.807) is 6.08 Å². The van der Waals surface area contributed by atoms with E-state index in [4.69, 9.17) is 21.6 Å². The Bertz CT molecular complexity index is 598. The second-order valence-corrected chi connectivity index (χ2v) is 4.98.